The fourth-order valence-corrected chi connectivity index (χ4v) is 5.90. The molecule has 2 aromatic carbocycles. The molecule has 0 heterocycles. The number of hydrogen-bond acceptors (Lipinski definition) is 0. The number of allylic oxidation sites excluding steroid dienone is 2. The van der Waals surface area contributed by atoms with Crippen molar-refractivity contribution in [3.8, 4) is 11.1 Å². The zero-order valence-electron chi connectivity index (χ0n) is 18.7. The molecular weight excluding hydrogens is 348 g/mol. The Balaban J connectivity index is 1.38. The predicted molar refractivity (Wildman–Crippen MR) is 127 cm³/mol. The second kappa shape index (κ2) is 9.33. The molecule has 0 radical (unpaired) electrons. The normalized spacial score (nSPS) is 24.9. The van der Waals surface area contributed by atoms with E-state index in [1.807, 2.05) is 0 Å². The average molecular weight is 387 g/mol. The molecule has 2 aliphatic rings. The zero-order valence-corrected chi connectivity index (χ0v) is 18.7. The van der Waals surface area contributed by atoms with Crippen molar-refractivity contribution in [1.29, 1.82) is 0 Å². The van der Waals surface area contributed by atoms with Crippen molar-refractivity contribution in [2.75, 3.05) is 0 Å². The molecule has 0 aromatic heterocycles. The number of aryl methyl sites for hydroxylation is 2. The van der Waals surface area contributed by atoms with Crippen molar-refractivity contribution in [3.05, 3.63) is 65.2 Å². The second-order valence-electron chi connectivity index (χ2n) is 9.73. The number of benzene rings is 2. The van der Waals surface area contributed by atoms with Gasteiger partial charge in [0.15, 0.2) is 0 Å². The summed E-state index contributed by atoms with van der Waals surface area (Å²) < 4.78 is 0. The first-order valence-electron chi connectivity index (χ1n) is 12.0. The van der Waals surface area contributed by atoms with Crippen LogP contribution >= 0.6 is 0 Å². The van der Waals surface area contributed by atoms with Crippen molar-refractivity contribution < 1.29 is 0 Å². The Labute approximate surface area is 178 Å². The molecule has 0 N–H and O–H groups in total. The molecule has 0 spiro atoms. The highest BCUT2D eigenvalue weighted by atomic mass is 14.3. The summed E-state index contributed by atoms with van der Waals surface area (Å²) >= 11 is 0. The quantitative estimate of drug-likeness (QED) is 0.481. The molecule has 0 aliphatic heterocycles. The van der Waals surface area contributed by atoms with Gasteiger partial charge in [-0.3, -0.25) is 0 Å². The third kappa shape index (κ3) is 4.85. The van der Waals surface area contributed by atoms with Crippen LogP contribution in [0.5, 0.6) is 0 Å². The van der Waals surface area contributed by atoms with Crippen LogP contribution in [0.15, 0.2) is 48.5 Å². The van der Waals surface area contributed by atoms with Crippen LogP contribution in [0, 0.1) is 31.6 Å². The maximum atomic E-state index is 2.57. The lowest BCUT2D eigenvalue weighted by Crippen LogP contribution is -2.23. The van der Waals surface area contributed by atoms with Gasteiger partial charge in [0.1, 0.15) is 0 Å². The second-order valence-corrected chi connectivity index (χ2v) is 9.73. The summed E-state index contributed by atoms with van der Waals surface area (Å²) in [4.78, 5) is 0. The van der Waals surface area contributed by atoms with E-state index in [1.165, 1.54) is 85.6 Å². The van der Waals surface area contributed by atoms with Gasteiger partial charge in [-0.15, -0.1) is 0 Å². The standard InChI is InChI=1S/C29H38/c1-4-5-23-7-9-24(10-8-23)25-11-13-26(14-12-25)27-15-17-28(18-16-27)29-19-6-21(2)20-22(29)3/h6,13,15-20,23-25H,4-5,7-12,14H2,1-3H3. The fourth-order valence-electron chi connectivity index (χ4n) is 5.90. The van der Waals surface area contributed by atoms with Gasteiger partial charge in [-0.05, 0) is 91.5 Å². The molecule has 0 nitrogen and oxygen atoms in total. The van der Waals surface area contributed by atoms with Crippen molar-refractivity contribution in [1.82, 2.24) is 0 Å². The Bertz CT molecular complexity index is 831. The van der Waals surface area contributed by atoms with Gasteiger partial charge < -0.3 is 0 Å². The SMILES string of the molecule is CCCC1CCC(C2CC=C(c3ccc(-c4ccc(C)cc4C)cc3)CC2)CC1. The molecule has 2 aromatic rings. The van der Waals surface area contributed by atoms with Gasteiger partial charge in [0.25, 0.3) is 0 Å². The molecular formula is C29H38. The monoisotopic (exact) mass is 386 g/mol. The Kier molecular flexibility index (Phi) is 6.58. The van der Waals surface area contributed by atoms with E-state index >= 15 is 0 Å². The number of hydrogen-bond donors (Lipinski definition) is 0. The summed E-state index contributed by atoms with van der Waals surface area (Å²) in [5.41, 5.74) is 8.41. The molecule has 154 valence electrons. The number of rotatable bonds is 5. The molecule has 4 rings (SSSR count). The molecule has 1 saturated carbocycles. The lowest BCUT2D eigenvalue weighted by molar-refractivity contribution is 0.189. The van der Waals surface area contributed by atoms with Gasteiger partial charge in [-0.2, -0.15) is 0 Å². The minimum atomic E-state index is 0.941. The average Bonchev–Trinajstić information content (AvgIpc) is 2.75. The first-order chi connectivity index (χ1) is 14.1. The van der Waals surface area contributed by atoms with Gasteiger partial charge >= 0.3 is 0 Å². The van der Waals surface area contributed by atoms with E-state index in [2.05, 4.69) is 69.3 Å². The van der Waals surface area contributed by atoms with E-state index in [4.69, 9.17) is 0 Å². The van der Waals surface area contributed by atoms with Crippen LogP contribution in [0.4, 0.5) is 0 Å². The van der Waals surface area contributed by atoms with E-state index < -0.39 is 0 Å². The molecule has 0 bridgehead atoms. The summed E-state index contributed by atoms with van der Waals surface area (Å²) in [7, 11) is 0. The first-order valence-corrected chi connectivity index (χ1v) is 12.0. The highest BCUT2D eigenvalue weighted by Gasteiger charge is 2.28. The third-order valence-corrected chi connectivity index (χ3v) is 7.66. The molecule has 2 aliphatic carbocycles. The smallest absolute Gasteiger partial charge is 0.0155 e. The summed E-state index contributed by atoms with van der Waals surface area (Å²) in [6.45, 7) is 6.73. The van der Waals surface area contributed by atoms with E-state index in [0.717, 1.165) is 17.8 Å². The Morgan fingerprint density at radius 2 is 1.52 bits per heavy atom. The topological polar surface area (TPSA) is 0 Å². The van der Waals surface area contributed by atoms with Gasteiger partial charge in [-0.1, -0.05) is 86.7 Å². The minimum absolute atomic E-state index is 0.941. The minimum Gasteiger partial charge on any atom is -0.0804 e. The molecule has 0 heteroatoms. The van der Waals surface area contributed by atoms with Crippen LogP contribution in [0.2, 0.25) is 0 Å². The van der Waals surface area contributed by atoms with Crippen molar-refractivity contribution in [2.24, 2.45) is 17.8 Å². The Morgan fingerprint density at radius 3 is 2.14 bits per heavy atom. The fraction of sp³-hybridized carbons (Fsp3) is 0.517. The molecule has 1 unspecified atom stereocenters. The largest absolute Gasteiger partial charge is 0.0804 e. The molecule has 1 fully saturated rings. The van der Waals surface area contributed by atoms with E-state index in [1.54, 1.807) is 5.57 Å². The van der Waals surface area contributed by atoms with E-state index in [-0.39, 0.29) is 0 Å². The highest BCUT2D eigenvalue weighted by Crippen LogP contribution is 2.42. The lowest BCUT2D eigenvalue weighted by atomic mass is 9.70. The summed E-state index contributed by atoms with van der Waals surface area (Å²) in [6.07, 6.45) is 15.3. The summed E-state index contributed by atoms with van der Waals surface area (Å²) in [6, 6.07) is 16.1. The van der Waals surface area contributed by atoms with Crippen LogP contribution in [-0.4, -0.2) is 0 Å². The maximum Gasteiger partial charge on any atom is -0.0155 e. The molecule has 29 heavy (non-hydrogen) atoms. The van der Waals surface area contributed by atoms with E-state index in [0.29, 0.717) is 0 Å². The van der Waals surface area contributed by atoms with Gasteiger partial charge in [0.05, 0.1) is 0 Å². The molecule has 0 amide bonds. The van der Waals surface area contributed by atoms with Crippen LogP contribution in [0.1, 0.15) is 81.4 Å². The van der Waals surface area contributed by atoms with Crippen LogP contribution in [0.25, 0.3) is 16.7 Å². The Morgan fingerprint density at radius 1 is 0.793 bits per heavy atom. The molecule has 1 atom stereocenters. The third-order valence-electron chi connectivity index (χ3n) is 7.66. The van der Waals surface area contributed by atoms with Crippen LogP contribution < -0.4 is 0 Å². The van der Waals surface area contributed by atoms with Crippen LogP contribution in [0.3, 0.4) is 0 Å². The van der Waals surface area contributed by atoms with Crippen molar-refractivity contribution in [3.63, 3.8) is 0 Å². The molecule has 0 saturated heterocycles. The van der Waals surface area contributed by atoms with Crippen molar-refractivity contribution >= 4 is 5.57 Å². The van der Waals surface area contributed by atoms with Gasteiger partial charge in [-0.25, -0.2) is 0 Å². The van der Waals surface area contributed by atoms with Gasteiger partial charge in [0, 0.05) is 0 Å². The highest BCUT2D eigenvalue weighted by molar-refractivity contribution is 5.72. The summed E-state index contributed by atoms with van der Waals surface area (Å²) in [5, 5.41) is 0. The van der Waals surface area contributed by atoms with Crippen molar-refractivity contribution in [2.45, 2.75) is 78.6 Å². The Hall–Kier alpha value is -1.82. The zero-order chi connectivity index (χ0) is 20.2. The summed E-state index contributed by atoms with van der Waals surface area (Å²) in [5.74, 6) is 2.96. The van der Waals surface area contributed by atoms with Gasteiger partial charge in [0.2, 0.25) is 0 Å². The van der Waals surface area contributed by atoms with Crippen LogP contribution in [-0.2, 0) is 0 Å². The first kappa shape index (κ1) is 20.5. The van der Waals surface area contributed by atoms with E-state index in [9.17, 15) is 0 Å². The predicted octanol–water partition coefficient (Wildman–Crippen LogP) is 8.76. The lowest BCUT2D eigenvalue weighted by Gasteiger charge is -2.35. The maximum absolute atomic E-state index is 2.57.